The van der Waals surface area contributed by atoms with E-state index >= 15 is 0 Å². The smallest absolute Gasteiger partial charge is 0.368 e. The maximum atomic E-state index is 13.4. The van der Waals surface area contributed by atoms with Crippen LogP contribution in [-0.2, 0) is 6.18 Å². The van der Waals surface area contributed by atoms with Crippen molar-refractivity contribution in [3.05, 3.63) is 77.6 Å². The van der Waals surface area contributed by atoms with Crippen LogP contribution in [0.15, 0.2) is 60.9 Å². The highest BCUT2D eigenvalue weighted by Gasteiger charge is 2.35. The highest BCUT2D eigenvalue weighted by Crippen LogP contribution is 2.39. The Kier molecular flexibility index (Phi) is 5.36. The van der Waals surface area contributed by atoms with Gasteiger partial charge in [-0.1, -0.05) is 30.0 Å². The van der Waals surface area contributed by atoms with Crippen LogP contribution in [0.25, 0.3) is 0 Å². The lowest BCUT2D eigenvalue weighted by Crippen LogP contribution is -2.33. The largest absolute Gasteiger partial charge is 0.418 e. The maximum Gasteiger partial charge on any atom is 0.418 e. The third-order valence-electron chi connectivity index (χ3n) is 3.80. The third-order valence-corrected chi connectivity index (χ3v) is 3.80. The van der Waals surface area contributed by atoms with Crippen LogP contribution in [-0.4, -0.2) is 16.0 Å². The summed E-state index contributed by atoms with van der Waals surface area (Å²) in [5.74, 6) is 5.76. The third kappa shape index (κ3) is 4.62. The molecule has 0 radical (unpaired) electrons. The van der Waals surface area contributed by atoms with Crippen LogP contribution in [0.1, 0.15) is 16.7 Å². The molecule has 1 heterocycles. The number of hydrogen-bond acceptors (Lipinski definition) is 4. The van der Waals surface area contributed by atoms with Crippen molar-refractivity contribution in [3.63, 3.8) is 0 Å². The van der Waals surface area contributed by atoms with Gasteiger partial charge in [-0.2, -0.15) is 13.2 Å². The number of anilines is 3. The molecule has 1 aromatic heterocycles. The lowest BCUT2D eigenvalue weighted by molar-refractivity contribution is -0.137. The summed E-state index contributed by atoms with van der Waals surface area (Å²) >= 11 is 0. The van der Waals surface area contributed by atoms with Crippen molar-refractivity contribution in [2.45, 2.75) is 6.18 Å². The van der Waals surface area contributed by atoms with Gasteiger partial charge in [0.05, 0.1) is 22.5 Å². The van der Waals surface area contributed by atoms with E-state index in [0.29, 0.717) is 11.1 Å². The van der Waals surface area contributed by atoms with Gasteiger partial charge in [0.1, 0.15) is 0 Å². The molecule has 4 N–H and O–H groups in total. The number of primary amides is 1. The molecule has 0 bridgehead atoms. The Labute approximate surface area is 164 Å². The molecule has 0 atom stereocenters. The number of nitrogen functional groups attached to an aromatic ring is 1. The number of aromatic nitrogens is 2. The van der Waals surface area contributed by atoms with E-state index in [4.69, 9.17) is 11.5 Å². The summed E-state index contributed by atoms with van der Waals surface area (Å²) in [6, 6.07) is 9.77. The first-order chi connectivity index (χ1) is 13.8. The van der Waals surface area contributed by atoms with Crippen LogP contribution in [0.5, 0.6) is 0 Å². The second-order valence-electron chi connectivity index (χ2n) is 5.82. The van der Waals surface area contributed by atoms with E-state index in [-0.39, 0.29) is 17.3 Å². The Morgan fingerprint density at radius 3 is 2.28 bits per heavy atom. The molecule has 0 unspecified atom stereocenters. The first-order valence-electron chi connectivity index (χ1n) is 8.21. The summed E-state index contributed by atoms with van der Waals surface area (Å²) in [4.78, 5) is 20.5. The Morgan fingerprint density at radius 2 is 1.62 bits per heavy atom. The molecule has 146 valence electrons. The number of carbonyl (C=O) groups is 1. The number of benzene rings is 2. The first kappa shape index (κ1) is 19.7. The number of alkyl halides is 3. The van der Waals surface area contributed by atoms with Gasteiger partial charge in [-0.05, 0) is 30.3 Å². The summed E-state index contributed by atoms with van der Waals surface area (Å²) < 4.78 is 40.1. The summed E-state index contributed by atoms with van der Waals surface area (Å²) in [6.45, 7) is 0. The number of rotatable bonds is 2. The number of urea groups is 1. The second-order valence-corrected chi connectivity index (χ2v) is 5.82. The minimum atomic E-state index is -4.66. The minimum Gasteiger partial charge on any atom is -0.368 e. The van der Waals surface area contributed by atoms with Gasteiger partial charge >= 0.3 is 12.2 Å². The van der Waals surface area contributed by atoms with E-state index in [9.17, 15) is 18.0 Å². The Balaban J connectivity index is 2.02. The van der Waals surface area contributed by atoms with Gasteiger partial charge < -0.3 is 11.5 Å². The van der Waals surface area contributed by atoms with Crippen LogP contribution in [0.2, 0.25) is 0 Å². The second kappa shape index (κ2) is 7.90. The average Bonchev–Trinajstić information content (AvgIpc) is 2.67. The Bertz CT molecular complexity index is 1100. The minimum absolute atomic E-state index is 0.109. The highest BCUT2D eigenvalue weighted by molar-refractivity contribution is 5.99. The van der Waals surface area contributed by atoms with Crippen LogP contribution >= 0.6 is 0 Å². The van der Waals surface area contributed by atoms with E-state index in [0.717, 1.165) is 11.0 Å². The quantitative estimate of drug-likeness (QED) is 0.645. The van der Waals surface area contributed by atoms with Gasteiger partial charge in [0, 0.05) is 18.0 Å². The molecule has 0 aliphatic heterocycles. The van der Waals surface area contributed by atoms with Crippen molar-refractivity contribution in [3.8, 4) is 11.8 Å². The molecule has 0 aliphatic carbocycles. The van der Waals surface area contributed by atoms with E-state index in [1.807, 2.05) is 0 Å². The van der Waals surface area contributed by atoms with Crippen LogP contribution in [0, 0.1) is 11.8 Å². The molecule has 0 fully saturated rings. The van der Waals surface area contributed by atoms with Crippen molar-refractivity contribution >= 4 is 23.4 Å². The molecule has 2 amide bonds. The van der Waals surface area contributed by atoms with Crippen molar-refractivity contribution in [1.29, 1.82) is 0 Å². The molecule has 9 heteroatoms. The molecule has 29 heavy (non-hydrogen) atoms. The average molecular weight is 397 g/mol. The van der Waals surface area contributed by atoms with Gasteiger partial charge in [-0.25, -0.2) is 14.8 Å². The van der Waals surface area contributed by atoms with E-state index < -0.39 is 17.8 Å². The van der Waals surface area contributed by atoms with Crippen LogP contribution < -0.4 is 16.4 Å². The van der Waals surface area contributed by atoms with E-state index in [1.54, 1.807) is 12.1 Å². The zero-order chi connectivity index (χ0) is 21.0. The summed E-state index contributed by atoms with van der Waals surface area (Å²) in [6.07, 6.45) is -1.78. The molecule has 0 aliphatic rings. The Hall–Kier alpha value is -4.06. The van der Waals surface area contributed by atoms with Crippen LogP contribution in [0.3, 0.4) is 0 Å². The number of carbonyl (C=O) groups excluding carboxylic acids is 1. The van der Waals surface area contributed by atoms with E-state index in [1.165, 1.54) is 42.7 Å². The normalized spacial score (nSPS) is 10.7. The maximum absolute atomic E-state index is 13.4. The predicted molar refractivity (Wildman–Crippen MR) is 102 cm³/mol. The van der Waals surface area contributed by atoms with Gasteiger partial charge in [0.15, 0.2) is 0 Å². The summed E-state index contributed by atoms with van der Waals surface area (Å²) in [7, 11) is 0. The van der Waals surface area contributed by atoms with Crippen molar-refractivity contribution in [2.24, 2.45) is 5.73 Å². The number of nitrogens with two attached hydrogens (primary N) is 2. The van der Waals surface area contributed by atoms with Gasteiger partial charge in [-0.15, -0.1) is 0 Å². The lowest BCUT2D eigenvalue weighted by atomic mass is 10.1. The fraction of sp³-hybridized carbons (Fsp3) is 0.0500. The summed E-state index contributed by atoms with van der Waals surface area (Å²) in [5.41, 5.74) is 10.6. The molecule has 6 nitrogen and oxygen atoms in total. The molecular formula is C20H14F3N5O. The van der Waals surface area contributed by atoms with Crippen molar-refractivity contribution < 1.29 is 18.0 Å². The van der Waals surface area contributed by atoms with E-state index in [2.05, 4.69) is 21.8 Å². The summed E-state index contributed by atoms with van der Waals surface area (Å²) in [5, 5.41) is 0. The Morgan fingerprint density at radius 1 is 0.966 bits per heavy atom. The molecule has 0 spiro atoms. The van der Waals surface area contributed by atoms with Gasteiger partial charge in [-0.3, -0.25) is 4.90 Å². The van der Waals surface area contributed by atoms with Gasteiger partial charge in [0.25, 0.3) is 0 Å². The molecule has 0 saturated carbocycles. The monoisotopic (exact) mass is 397 g/mol. The molecular weight excluding hydrogens is 383 g/mol. The van der Waals surface area contributed by atoms with Gasteiger partial charge in [0.2, 0.25) is 5.95 Å². The molecule has 2 aromatic carbocycles. The fourth-order valence-corrected chi connectivity index (χ4v) is 2.56. The van der Waals surface area contributed by atoms with Crippen molar-refractivity contribution in [1.82, 2.24) is 9.97 Å². The molecule has 0 saturated heterocycles. The SMILES string of the molecule is NC(=O)N(c1cccc(C#Cc2cnc(N)nc2)c1)c1ccccc1C(F)(F)F. The zero-order valence-corrected chi connectivity index (χ0v) is 14.8. The zero-order valence-electron chi connectivity index (χ0n) is 14.8. The highest BCUT2D eigenvalue weighted by atomic mass is 19.4. The standard InChI is InChI=1S/C20H14F3N5O/c21-20(22,23)16-6-1-2-7-17(16)28(19(25)29)15-5-3-4-13(10-15)8-9-14-11-26-18(24)27-12-14/h1-7,10-12H,(H2,25,29)(H2,24,26,27). The topological polar surface area (TPSA) is 98.1 Å². The first-order valence-corrected chi connectivity index (χ1v) is 8.21. The van der Waals surface area contributed by atoms with Crippen LogP contribution in [0.4, 0.5) is 35.3 Å². The number of amides is 2. The number of nitrogens with zero attached hydrogens (tertiary/aromatic N) is 3. The molecule has 3 rings (SSSR count). The number of para-hydroxylation sites is 1. The number of hydrogen-bond donors (Lipinski definition) is 2. The lowest BCUT2D eigenvalue weighted by Gasteiger charge is -2.24. The predicted octanol–water partition coefficient (Wildman–Crippen LogP) is 3.69. The van der Waals surface area contributed by atoms with Crippen molar-refractivity contribution in [2.75, 3.05) is 10.6 Å². The number of halogens is 3. The molecule has 3 aromatic rings. The fourth-order valence-electron chi connectivity index (χ4n) is 2.56.